The molecule has 0 spiro atoms. The molecule has 0 fully saturated rings. The van der Waals surface area contributed by atoms with E-state index < -0.39 is 11.9 Å². The normalized spacial score (nSPS) is 10.0. The molecule has 0 aliphatic heterocycles. The third-order valence-electron chi connectivity index (χ3n) is 2.66. The number of amides is 1. The van der Waals surface area contributed by atoms with Gasteiger partial charge in [-0.15, -0.1) is 0 Å². The highest BCUT2D eigenvalue weighted by atomic mass is 35.5. The maximum absolute atomic E-state index is 12.0. The van der Waals surface area contributed by atoms with Crippen LogP contribution in [0.4, 0.5) is 5.69 Å². The number of halogens is 1. The van der Waals surface area contributed by atoms with Gasteiger partial charge in [0, 0.05) is 6.20 Å². The van der Waals surface area contributed by atoms with E-state index in [4.69, 9.17) is 11.6 Å². The van der Waals surface area contributed by atoms with Crippen molar-refractivity contribution >= 4 is 29.2 Å². The summed E-state index contributed by atoms with van der Waals surface area (Å²) in [5.41, 5.74) is 0.639. The number of methoxy groups -OCH3 is 1. The zero-order valence-electron chi connectivity index (χ0n) is 11.0. The summed E-state index contributed by atoms with van der Waals surface area (Å²) in [6, 6.07) is 7.03. The molecule has 0 unspecified atom stereocenters. The molecule has 1 heterocycles. The van der Waals surface area contributed by atoms with E-state index >= 15 is 0 Å². The Hall–Kier alpha value is -2.60. The van der Waals surface area contributed by atoms with E-state index in [1.54, 1.807) is 0 Å². The monoisotopic (exact) mass is 306 g/mol. The van der Waals surface area contributed by atoms with Crippen molar-refractivity contribution in [3.63, 3.8) is 0 Å². The van der Waals surface area contributed by atoms with Gasteiger partial charge in [-0.25, -0.2) is 9.78 Å². The summed E-state index contributed by atoms with van der Waals surface area (Å²) in [5, 5.41) is 12.6. The van der Waals surface area contributed by atoms with Gasteiger partial charge in [0.1, 0.15) is 10.9 Å². The number of nitrogens with zero attached hydrogens (tertiary/aromatic N) is 1. The van der Waals surface area contributed by atoms with E-state index in [0.29, 0.717) is 0 Å². The largest absolute Gasteiger partial charge is 0.506 e. The zero-order chi connectivity index (χ0) is 15.4. The van der Waals surface area contributed by atoms with E-state index in [-0.39, 0.29) is 27.7 Å². The molecule has 6 nitrogen and oxygen atoms in total. The second kappa shape index (κ2) is 6.23. The van der Waals surface area contributed by atoms with Crippen LogP contribution in [-0.4, -0.2) is 29.1 Å². The summed E-state index contributed by atoms with van der Waals surface area (Å²) < 4.78 is 4.53. The molecular formula is C14H11ClN2O4. The van der Waals surface area contributed by atoms with E-state index in [0.717, 1.165) is 0 Å². The molecule has 0 saturated carbocycles. The number of aromatic nitrogens is 1. The van der Waals surface area contributed by atoms with E-state index in [1.807, 2.05) is 0 Å². The number of ether oxygens (including phenoxy) is 1. The Morgan fingerprint density at radius 1 is 1.24 bits per heavy atom. The molecule has 0 atom stereocenters. The summed E-state index contributed by atoms with van der Waals surface area (Å²) in [6.07, 6.45) is 1.32. The van der Waals surface area contributed by atoms with Crippen LogP contribution in [0.5, 0.6) is 5.75 Å². The molecule has 0 aliphatic carbocycles. The third kappa shape index (κ3) is 3.49. The number of hydrogen-bond acceptors (Lipinski definition) is 5. The number of phenolic OH excluding ortho intramolecular Hbond substituents is 1. The second-order valence-electron chi connectivity index (χ2n) is 4.05. The average Bonchev–Trinajstić information content (AvgIpc) is 2.49. The number of rotatable bonds is 3. The second-order valence-corrected chi connectivity index (χ2v) is 4.43. The van der Waals surface area contributed by atoms with Crippen molar-refractivity contribution in [2.75, 3.05) is 12.4 Å². The molecule has 2 aromatic rings. The third-order valence-corrected chi connectivity index (χ3v) is 2.88. The van der Waals surface area contributed by atoms with E-state index in [1.165, 1.54) is 43.6 Å². The van der Waals surface area contributed by atoms with Crippen molar-refractivity contribution in [3.05, 3.63) is 52.8 Å². The predicted molar refractivity (Wildman–Crippen MR) is 76.6 cm³/mol. The van der Waals surface area contributed by atoms with Crippen molar-refractivity contribution in [1.82, 2.24) is 4.98 Å². The lowest BCUT2D eigenvalue weighted by Crippen LogP contribution is -2.12. The fourth-order valence-electron chi connectivity index (χ4n) is 1.59. The highest BCUT2D eigenvalue weighted by Gasteiger charge is 2.12. The molecule has 2 rings (SSSR count). The van der Waals surface area contributed by atoms with Crippen molar-refractivity contribution < 1.29 is 19.4 Å². The topological polar surface area (TPSA) is 88.5 Å². The lowest BCUT2D eigenvalue weighted by molar-refractivity contribution is 0.0600. The molecule has 108 valence electrons. The first-order valence-electron chi connectivity index (χ1n) is 5.85. The van der Waals surface area contributed by atoms with Crippen LogP contribution in [0, 0.1) is 0 Å². The Balaban J connectivity index is 2.18. The van der Waals surface area contributed by atoms with Crippen molar-refractivity contribution in [3.8, 4) is 5.75 Å². The van der Waals surface area contributed by atoms with Crippen LogP contribution in [0.25, 0.3) is 0 Å². The Bertz CT molecular complexity index is 686. The van der Waals surface area contributed by atoms with Crippen LogP contribution in [0.3, 0.4) is 0 Å². The van der Waals surface area contributed by atoms with E-state index in [9.17, 15) is 14.7 Å². The highest BCUT2D eigenvalue weighted by Crippen LogP contribution is 2.25. The minimum absolute atomic E-state index is 0.169. The standard InChI is InChI=1S/C14H11ClN2O4/c1-21-14(20)8-2-4-10(11(18)6-8)17-13(19)9-3-5-12(15)16-7-9/h2-7,18H,1H3,(H,17,19). The lowest BCUT2D eigenvalue weighted by atomic mass is 10.2. The number of carbonyl (C=O) groups is 2. The highest BCUT2D eigenvalue weighted by molar-refractivity contribution is 6.29. The molecule has 0 radical (unpaired) electrons. The average molecular weight is 307 g/mol. The first-order valence-corrected chi connectivity index (χ1v) is 6.23. The van der Waals surface area contributed by atoms with Gasteiger partial charge in [-0.05, 0) is 30.3 Å². The van der Waals surface area contributed by atoms with Gasteiger partial charge in [-0.2, -0.15) is 0 Å². The Morgan fingerprint density at radius 2 is 1.95 bits per heavy atom. The fraction of sp³-hybridized carbons (Fsp3) is 0.0714. The molecule has 1 aromatic carbocycles. The molecule has 7 heteroatoms. The Labute approximate surface area is 125 Å². The number of phenols is 1. The van der Waals surface area contributed by atoms with Gasteiger partial charge in [0.05, 0.1) is 23.9 Å². The summed E-state index contributed by atoms with van der Waals surface area (Å²) in [7, 11) is 1.24. The first-order chi connectivity index (χ1) is 10.0. The van der Waals surface area contributed by atoms with Gasteiger partial charge in [0.2, 0.25) is 0 Å². The number of carbonyl (C=O) groups excluding carboxylic acids is 2. The molecule has 1 aromatic heterocycles. The molecular weight excluding hydrogens is 296 g/mol. The first kappa shape index (κ1) is 14.8. The number of nitrogens with one attached hydrogen (secondary N) is 1. The van der Waals surface area contributed by atoms with Gasteiger partial charge >= 0.3 is 5.97 Å². The molecule has 0 bridgehead atoms. The number of esters is 1. The van der Waals surface area contributed by atoms with E-state index in [2.05, 4.69) is 15.0 Å². The lowest BCUT2D eigenvalue weighted by Gasteiger charge is -2.08. The summed E-state index contributed by atoms with van der Waals surface area (Å²) >= 11 is 5.64. The molecule has 2 N–H and O–H groups in total. The zero-order valence-corrected chi connectivity index (χ0v) is 11.7. The van der Waals surface area contributed by atoms with Gasteiger partial charge in [0.25, 0.3) is 5.91 Å². The number of anilines is 1. The molecule has 0 aliphatic rings. The molecule has 0 saturated heterocycles. The summed E-state index contributed by atoms with van der Waals surface area (Å²) in [6.45, 7) is 0. The van der Waals surface area contributed by atoms with Gasteiger partial charge < -0.3 is 15.2 Å². The van der Waals surface area contributed by atoms with Crippen LogP contribution in [0.2, 0.25) is 5.15 Å². The van der Waals surface area contributed by atoms with Crippen LogP contribution >= 0.6 is 11.6 Å². The van der Waals surface area contributed by atoms with Gasteiger partial charge in [0.15, 0.2) is 0 Å². The Morgan fingerprint density at radius 3 is 2.52 bits per heavy atom. The number of pyridine rings is 1. The van der Waals surface area contributed by atoms with Gasteiger partial charge in [-0.1, -0.05) is 11.6 Å². The van der Waals surface area contributed by atoms with Crippen molar-refractivity contribution in [2.45, 2.75) is 0 Å². The van der Waals surface area contributed by atoms with Crippen molar-refractivity contribution in [2.24, 2.45) is 0 Å². The van der Waals surface area contributed by atoms with Crippen LogP contribution in [0.15, 0.2) is 36.5 Å². The van der Waals surface area contributed by atoms with Gasteiger partial charge in [-0.3, -0.25) is 4.79 Å². The summed E-state index contributed by atoms with van der Waals surface area (Å²) in [5.74, 6) is -1.28. The maximum Gasteiger partial charge on any atom is 0.337 e. The summed E-state index contributed by atoms with van der Waals surface area (Å²) in [4.78, 5) is 27.1. The maximum atomic E-state index is 12.0. The van der Waals surface area contributed by atoms with Crippen molar-refractivity contribution in [1.29, 1.82) is 0 Å². The Kier molecular flexibility index (Phi) is 4.39. The minimum atomic E-state index is -0.579. The minimum Gasteiger partial charge on any atom is -0.506 e. The number of benzene rings is 1. The quantitative estimate of drug-likeness (QED) is 0.516. The number of aromatic hydroxyl groups is 1. The number of hydrogen-bond donors (Lipinski definition) is 2. The van der Waals surface area contributed by atoms with Crippen LogP contribution in [0.1, 0.15) is 20.7 Å². The van der Waals surface area contributed by atoms with Crippen LogP contribution < -0.4 is 5.32 Å². The predicted octanol–water partition coefficient (Wildman–Crippen LogP) is 2.48. The smallest absolute Gasteiger partial charge is 0.337 e. The SMILES string of the molecule is COC(=O)c1ccc(NC(=O)c2ccc(Cl)nc2)c(O)c1. The molecule has 21 heavy (non-hydrogen) atoms. The molecule has 1 amide bonds. The van der Waals surface area contributed by atoms with Crippen LogP contribution in [-0.2, 0) is 4.74 Å². The fourth-order valence-corrected chi connectivity index (χ4v) is 1.70.